The summed E-state index contributed by atoms with van der Waals surface area (Å²) in [6.07, 6.45) is 3.67. The summed E-state index contributed by atoms with van der Waals surface area (Å²) >= 11 is 0. The Balaban J connectivity index is 2.43. The standard InChI is InChI=1S/C11H16N2O3/c1-3-5-12-10(14)7-13(2)11(15)9-4-6-16-8-9/h4,6,8H,3,5,7H2,1-2H3,(H,12,14). The van der Waals surface area contributed by atoms with Crippen LogP contribution in [0.2, 0.25) is 0 Å². The van der Waals surface area contributed by atoms with Gasteiger partial charge in [-0.1, -0.05) is 6.92 Å². The first kappa shape index (κ1) is 12.3. The number of hydrogen-bond donors (Lipinski definition) is 1. The molecule has 0 aliphatic heterocycles. The van der Waals surface area contributed by atoms with Gasteiger partial charge in [-0.05, 0) is 12.5 Å². The number of carbonyl (C=O) groups excluding carboxylic acids is 2. The molecule has 0 saturated heterocycles. The predicted molar refractivity (Wildman–Crippen MR) is 59.0 cm³/mol. The van der Waals surface area contributed by atoms with E-state index in [-0.39, 0.29) is 18.4 Å². The molecule has 88 valence electrons. The molecule has 2 amide bonds. The highest BCUT2D eigenvalue weighted by Crippen LogP contribution is 2.03. The molecule has 16 heavy (non-hydrogen) atoms. The minimum atomic E-state index is -0.222. The van der Waals surface area contributed by atoms with E-state index in [1.807, 2.05) is 6.92 Å². The highest BCUT2D eigenvalue weighted by atomic mass is 16.3. The van der Waals surface area contributed by atoms with Crippen LogP contribution in [0, 0.1) is 0 Å². The lowest BCUT2D eigenvalue weighted by molar-refractivity contribution is -0.121. The molecule has 0 saturated carbocycles. The first-order valence-electron chi connectivity index (χ1n) is 5.19. The van der Waals surface area contributed by atoms with E-state index in [9.17, 15) is 9.59 Å². The Hall–Kier alpha value is -1.78. The van der Waals surface area contributed by atoms with Gasteiger partial charge < -0.3 is 14.6 Å². The van der Waals surface area contributed by atoms with Crippen LogP contribution in [0.1, 0.15) is 23.7 Å². The van der Waals surface area contributed by atoms with Crippen molar-refractivity contribution in [2.24, 2.45) is 0 Å². The number of rotatable bonds is 5. The van der Waals surface area contributed by atoms with Gasteiger partial charge in [-0.15, -0.1) is 0 Å². The van der Waals surface area contributed by atoms with E-state index in [1.165, 1.54) is 17.4 Å². The summed E-state index contributed by atoms with van der Waals surface area (Å²) in [6.45, 7) is 2.66. The van der Waals surface area contributed by atoms with Crippen LogP contribution >= 0.6 is 0 Å². The Morgan fingerprint density at radius 3 is 2.81 bits per heavy atom. The van der Waals surface area contributed by atoms with Crippen molar-refractivity contribution in [2.45, 2.75) is 13.3 Å². The zero-order valence-electron chi connectivity index (χ0n) is 9.53. The van der Waals surface area contributed by atoms with E-state index >= 15 is 0 Å². The second kappa shape index (κ2) is 5.95. The van der Waals surface area contributed by atoms with Crippen molar-refractivity contribution >= 4 is 11.8 Å². The molecule has 0 aliphatic rings. The SMILES string of the molecule is CCCNC(=O)CN(C)C(=O)c1ccoc1. The molecule has 1 rings (SSSR count). The summed E-state index contributed by atoms with van der Waals surface area (Å²) in [5, 5.41) is 2.71. The van der Waals surface area contributed by atoms with Gasteiger partial charge in [-0.3, -0.25) is 9.59 Å². The van der Waals surface area contributed by atoms with Gasteiger partial charge in [0, 0.05) is 13.6 Å². The van der Waals surface area contributed by atoms with Gasteiger partial charge in [-0.25, -0.2) is 0 Å². The number of furan rings is 1. The van der Waals surface area contributed by atoms with Crippen LogP contribution in [0.5, 0.6) is 0 Å². The predicted octanol–water partition coefficient (Wildman–Crippen LogP) is 0.878. The van der Waals surface area contributed by atoms with Crippen molar-refractivity contribution in [1.82, 2.24) is 10.2 Å². The molecular weight excluding hydrogens is 208 g/mol. The molecule has 0 fully saturated rings. The van der Waals surface area contributed by atoms with Crippen LogP contribution < -0.4 is 5.32 Å². The monoisotopic (exact) mass is 224 g/mol. The van der Waals surface area contributed by atoms with E-state index in [4.69, 9.17) is 4.42 Å². The molecule has 1 aromatic heterocycles. The maximum Gasteiger partial charge on any atom is 0.257 e. The smallest absolute Gasteiger partial charge is 0.257 e. The van der Waals surface area contributed by atoms with Crippen LogP contribution in [0.3, 0.4) is 0 Å². The number of hydrogen-bond acceptors (Lipinski definition) is 3. The zero-order chi connectivity index (χ0) is 12.0. The topological polar surface area (TPSA) is 62.6 Å². The summed E-state index contributed by atoms with van der Waals surface area (Å²) in [5.41, 5.74) is 0.450. The molecule has 5 heteroatoms. The van der Waals surface area contributed by atoms with Crippen LogP contribution in [0.25, 0.3) is 0 Å². The molecule has 1 aromatic rings. The molecule has 0 spiro atoms. The molecule has 0 radical (unpaired) electrons. The second-order valence-electron chi connectivity index (χ2n) is 3.52. The molecule has 1 N–H and O–H groups in total. The third kappa shape index (κ3) is 3.42. The van der Waals surface area contributed by atoms with Gasteiger partial charge >= 0.3 is 0 Å². The molecule has 0 bridgehead atoms. The van der Waals surface area contributed by atoms with Crippen molar-refractivity contribution in [3.05, 3.63) is 24.2 Å². The number of carbonyl (C=O) groups is 2. The third-order valence-corrected chi connectivity index (χ3v) is 2.07. The Morgan fingerprint density at radius 1 is 1.50 bits per heavy atom. The lowest BCUT2D eigenvalue weighted by Gasteiger charge is -2.15. The van der Waals surface area contributed by atoms with Crippen LogP contribution in [-0.2, 0) is 4.79 Å². The fraction of sp³-hybridized carbons (Fsp3) is 0.455. The number of amides is 2. The largest absolute Gasteiger partial charge is 0.472 e. The summed E-state index contributed by atoms with van der Waals surface area (Å²) in [7, 11) is 1.58. The van der Waals surface area contributed by atoms with Gasteiger partial charge in [0.2, 0.25) is 5.91 Å². The Kier molecular flexibility index (Phi) is 4.57. The molecule has 1 heterocycles. The fourth-order valence-corrected chi connectivity index (χ4v) is 1.21. The van der Waals surface area contributed by atoms with Crippen molar-refractivity contribution in [3.8, 4) is 0 Å². The van der Waals surface area contributed by atoms with E-state index in [1.54, 1.807) is 13.1 Å². The molecule has 5 nitrogen and oxygen atoms in total. The van der Waals surface area contributed by atoms with Gasteiger partial charge in [-0.2, -0.15) is 0 Å². The van der Waals surface area contributed by atoms with E-state index in [0.717, 1.165) is 6.42 Å². The molecule has 0 atom stereocenters. The van der Waals surface area contributed by atoms with Crippen LogP contribution in [-0.4, -0.2) is 36.9 Å². The average molecular weight is 224 g/mol. The molecule has 0 aliphatic carbocycles. The first-order chi connectivity index (χ1) is 7.65. The maximum atomic E-state index is 11.7. The van der Waals surface area contributed by atoms with Gasteiger partial charge in [0.05, 0.1) is 18.4 Å². The lowest BCUT2D eigenvalue weighted by Crippen LogP contribution is -2.38. The lowest BCUT2D eigenvalue weighted by atomic mass is 10.3. The zero-order valence-corrected chi connectivity index (χ0v) is 9.53. The number of likely N-dealkylation sites (N-methyl/N-ethyl adjacent to an activating group) is 1. The number of nitrogens with zero attached hydrogens (tertiary/aromatic N) is 1. The fourth-order valence-electron chi connectivity index (χ4n) is 1.21. The van der Waals surface area contributed by atoms with Gasteiger partial charge in [0.1, 0.15) is 6.26 Å². The Labute approximate surface area is 94.4 Å². The highest BCUT2D eigenvalue weighted by Gasteiger charge is 2.15. The Morgan fingerprint density at radius 2 is 2.25 bits per heavy atom. The molecular formula is C11H16N2O3. The summed E-state index contributed by atoms with van der Waals surface area (Å²) < 4.78 is 4.81. The van der Waals surface area contributed by atoms with Crippen molar-refractivity contribution in [2.75, 3.05) is 20.1 Å². The average Bonchev–Trinajstić information content (AvgIpc) is 2.78. The van der Waals surface area contributed by atoms with Gasteiger partial charge in [0.25, 0.3) is 5.91 Å². The minimum Gasteiger partial charge on any atom is -0.472 e. The highest BCUT2D eigenvalue weighted by molar-refractivity contribution is 5.95. The summed E-state index contributed by atoms with van der Waals surface area (Å²) in [5.74, 6) is -0.374. The quantitative estimate of drug-likeness (QED) is 0.807. The van der Waals surface area contributed by atoms with Gasteiger partial charge in [0.15, 0.2) is 0 Å². The van der Waals surface area contributed by atoms with Crippen molar-refractivity contribution < 1.29 is 14.0 Å². The van der Waals surface area contributed by atoms with Crippen molar-refractivity contribution in [1.29, 1.82) is 0 Å². The normalized spacial score (nSPS) is 9.88. The van der Waals surface area contributed by atoms with Crippen LogP contribution in [0.4, 0.5) is 0 Å². The minimum absolute atomic E-state index is 0.0595. The summed E-state index contributed by atoms with van der Waals surface area (Å²) in [6, 6.07) is 1.57. The van der Waals surface area contributed by atoms with E-state index in [2.05, 4.69) is 5.32 Å². The molecule has 0 unspecified atom stereocenters. The van der Waals surface area contributed by atoms with Crippen molar-refractivity contribution in [3.63, 3.8) is 0 Å². The first-order valence-corrected chi connectivity index (χ1v) is 5.19. The molecule has 0 aromatic carbocycles. The second-order valence-corrected chi connectivity index (χ2v) is 3.52. The van der Waals surface area contributed by atoms with E-state index < -0.39 is 0 Å². The van der Waals surface area contributed by atoms with E-state index in [0.29, 0.717) is 12.1 Å². The third-order valence-electron chi connectivity index (χ3n) is 2.07. The summed E-state index contributed by atoms with van der Waals surface area (Å²) in [4.78, 5) is 24.4. The number of nitrogens with one attached hydrogen (secondary N) is 1. The van der Waals surface area contributed by atoms with Crippen LogP contribution in [0.15, 0.2) is 23.0 Å². The maximum absolute atomic E-state index is 11.7. The Bertz CT molecular complexity index is 346.